The van der Waals surface area contributed by atoms with Crippen LogP contribution in [0.15, 0.2) is 6.20 Å². The third-order valence-corrected chi connectivity index (χ3v) is 2.53. The maximum absolute atomic E-state index is 11.5. The molecule has 0 aliphatic rings. The number of rotatable bonds is 4. The summed E-state index contributed by atoms with van der Waals surface area (Å²) in [6.45, 7) is 1.76. The highest BCUT2D eigenvalue weighted by atomic mass is 16.2. The lowest BCUT2D eigenvalue weighted by molar-refractivity contribution is -0.121. The van der Waals surface area contributed by atoms with Crippen LogP contribution in [0.1, 0.15) is 6.92 Å². The van der Waals surface area contributed by atoms with Crippen molar-refractivity contribution in [2.75, 3.05) is 24.7 Å². The summed E-state index contributed by atoms with van der Waals surface area (Å²) >= 11 is 0. The van der Waals surface area contributed by atoms with Crippen LogP contribution in [0.3, 0.4) is 0 Å². The molecule has 0 spiro atoms. The van der Waals surface area contributed by atoms with E-state index in [2.05, 4.69) is 36.1 Å². The zero-order chi connectivity index (χ0) is 13.1. The summed E-state index contributed by atoms with van der Waals surface area (Å²) in [5.74, 6) is 0.906. The van der Waals surface area contributed by atoms with E-state index >= 15 is 0 Å². The Morgan fingerprint density at radius 3 is 2.83 bits per heavy atom. The van der Waals surface area contributed by atoms with E-state index in [1.165, 1.54) is 0 Å². The summed E-state index contributed by atoms with van der Waals surface area (Å²) in [5.41, 5.74) is 0.612. The number of carbonyl (C=O) groups excluding carboxylic acids is 1. The Balaban J connectivity index is 2.36. The van der Waals surface area contributed by atoms with E-state index in [4.69, 9.17) is 0 Å². The molecule has 0 bridgehead atoms. The van der Waals surface area contributed by atoms with Gasteiger partial charge in [0.25, 0.3) is 0 Å². The van der Waals surface area contributed by atoms with E-state index in [-0.39, 0.29) is 5.91 Å². The van der Waals surface area contributed by atoms with Crippen LogP contribution in [0, 0.1) is 0 Å². The van der Waals surface area contributed by atoms with Gasteiger partial charge in [-0.25, -0.2) is 0 Å². The minimum Gasteiger partial charge on any atom is -0.358 e. The van der Waals surface area contributed by atoms with E-state index in [9.17, 15) is 4.79 Å². The van der Waals surface area contributed by atoms with Gasteiger partial charge in [-0.3, -0.25) is 9.89 Å². The van der Waals surface area contributed by atoms with Crippen molar-refractivity contribution in [3.63, 3.8) is 0 Å². The highest BCUT2D eigenvalue weighted by molar-refractivity contribution is 5.90. The first-order valence-corrected chi connectivity index (χ1v) is 5.52. The molecule has 0 saturated heterocycles. The molecule has 2 aromatic rings. The average Bonchev–Trinajstić information content (AvgIpc) is 2.85. The SMILES string of the molecule is CNC(=O)C(C)Nc1nc(NC)nc2[nH]ncc12. The molecule has 0 aliphatic carbocycles. The van der Waals surface area contributed by atoms with Gasteiger partial charge in [0.15, 0.2) is 5.65 Å². The number of H-pyrrole nitrogens is 1. The third-order valence-electron chi connectivity index (χ3n) is 2.53. The molecule has 8 nitrogen and oxygen atoms in total. The lowest BCUT2D eigenvalue weighted by Crippen LogP contribution is -2.35. The average molecular weight is 249 g/mol. The molecule has 1 amide bonds. The monoisotopic (exact) mass is 249 g/mol. The van der Waals surface area contributed by atoms with E-state index < -0.39 is 6.04 Å². The molecule has 0 aromatic carbocycles. The third kappa shape index (κ3) is 2.17. The molecule has 4 N–H and O–H groups in total. The van der Waals surface area contributed by atoms with Gasteiger partial charge in [-0.1, -0.05) is 0 Å². The quantitative estimate of drug-likeness (QED) is 0.604. The second-order valence-electron chi connectivity index (χ2n) is 3.76. The first kappa shape index (κ1) is 12.1. The van der Waals surface area contributed by atoms with E-state index in [0.717, 1.165) is 5.39 Å². The fourth-order valence-electron chi connectivity index (χ4n) is 1.54. The van der Waals surface area contributed by atoms with Crippen LogP contribution in [-0.4, -0.2) is 46.2 Å². The Labute approximate surface area is 104 Å². The van der Waals surface area contributed by atoms with E-state index in [1.54, 1.807) is 27.2 Å². The molecular weight excluding hydrogens is 234 g/mol. The van der Waals surface area contributed by atoms with Crippen LogP contribution in [0.5, 0.6) is 0 Å². The Morgan fingerprint density at radius 2 is 2.17 bits per heavy atom. The summed E-state index contributed by atoms with van der Waals surface area (Å²) < 4.78 is 0. The van der Waals surface area contributed by atoms with Gasteiger partial charge in [-0.2, -0.15) is 15.1 Å². The van der Waals surface area contributed by atoms with Crippen LogP contribution in [0.4, 0.5) is 11.8 Å². The van der Waals surface area contributed by atoms with Gasteiger partial charge in [0.1, 0.15) is 11.9 Å². The van der Waals surface area contributed by atoms with Crippen molar-refractivity contribution in [2.45, 2.75) is 13.0 Å². The number of aromatic amines is 1. The number of aromatic nitrogens is 4. The lowest BCUT2D eigenvalue weighted by atomic mass is 10.3. The first-order valence-electron chi connectivity index (χ1n) is 5.52. The van der Waals surface area contributed by atoms with Crippen molar-refractivity contribution >= 4 is 28.7 Å². The molecule has 1 atom stereocenters. The number of amides is 1. The number of nitrogens with zero attached hydrogens (tertiary/aromatic N) is 3. The Kier molecular flexibility index (Phi) is 3.26. The summed E-state index contributed by atoms with van der Waals surface area (Å²) in [7, 11) is 3.32. The number of hydrogen-bond acceptors (Lipinski definition) is 6. The Hall–Kier alpha value is -2.38. The number of hydrogen-bond donors (Lipinski definition) is 4. The van der Waals surface area contributed by atoms with Gasteiger partial charge < -0.3 is 16.0 Å². The summed E-state index contributed by atoms with van der Waals surface area (Å²) in [6.07, 6.45) is 1.62. The van der Waals surface area contributed by atoms with Gasteiger partial charge in [-0.15, -0.1) is 0 Å². The molecule has 1 unspecified atom stereocenters. The minimum atomic E-state index is -0.396. The minimum absolute atomic E-state index is 0.115. The molecular formula is C10H15N7O. The van der Waals surface area contributed by atoms with Gasteiger partial charge in [0.2, 0.25) is 11.9 Å². The largest absolute Gasteiger partial charge is 0.358 e. The van der Waals surface area contributed by atoms with E-state index in [1.807, 2.05) is 0 Å². The molecule has 8 heteroatoms. The number of fused-ring (bicyclic) bond motifs is 1. The Morgan fingerprint density at radius 1 is 1.39 bits per heavy atom. The number of nitrogens with one attached hydrogen (secondary N) is 4. The predicted molar refractivity (Wildman–Crippen MR) is 68.4 cm³/mol. The second kappa shape index (κ2) is 4.86. The van der Waals surface area contributed by atoms with Crippen molar-refractivity contribution < 1.29 is 4.79 Å². The molecule has 2 heterocycles. The Bertz CT molecular complexity index is 564. The van der Waals surface area contributed by atoms with Crippen LogP contribution in [0.2, 0.25) is 0 Å². The second-order valence-corrected chi connectivity index (χ2v) is 3.76. The molecule has 0 radical (unpaired) electrons. The molecule has 2 rings (SSSR count). The standard InChI is InChI=1S/C10H15N7O/c1-5(9(18)11-2)14-7-6-4-13-17-8(6)16-10(12-3)15-7/h4-5H,1-3H3,(H,11,18)(H3,12,13,14,15,16,17). The number of carbonyl (C=O) groups is 1. The first-order chi connectivity index (χ1) is 8.65. The molecule has 0 saturated carbocycles. The van der Waals surface area contributed by atoms with Gasteiger partial charge >= 0.3 is 0 Å². The van der Waals surface area contributed by atoms with Gasteiger partial charge in [-0.05, 0) is 6.92 Å². The highest BCUT2D eigenvalue weighted by Gasteiger charge is 2.15. The molecule has 0 fully saturated rings. The molecule has 96 valence electrons. The van der Waals surface area contributed by atoms with E-state index in [0.29, 0.717) is 17.4 Å². The molecule has 18 heavy (non-hydrogen) atoms. The zero-order valence-corrected chi connectivity index (χ0v) is 10.4. The zero-order valence-electron chi connectivity index (χ0n) is 10.4. The van der Waals surface area contributed by atoms with Crippen LogP contribution < -0.4 is 16.0 Å². The van der Waals surface area contributed by atoms with Crippen molar-refractivity contribution in [3.05, 3.63) is 6.20 Å². The molecule has 0 aliphatic heterocycles. The number of likely N-dealkylation sites (N-methyl/N-ethyl adjacent to an activating group) is 1. The highest BCUT2D eigenvalue weighted by Crippen LogP contribution is 2.20. The van der Waals surface area contributed by atoms with Crippen molar-refractivity contribution in [1.82, 2.24) is 25.5 Å². The maximum atomic E-state index is 11.5. The summed E-state index contributed by atoms with van der Waals surface area (Å²) in [6, 6.07) is -0.396. The fraction of sp³-hybridized carbons (Fsp3) is 0.400. The summed E-state index contributed by atoms with van der Waals surface area (Å²) in [5, 5.41) is 15.9. The van der Waals surface area contributed by atoms with Crippen molar-refractivity contribution in [3.8, 4) is 0 Å². The topological polar surface area (TPSA) is 108 Å². The smallest absolute Gasteiger partial charge is 0.241 e. The van der Waals surface area contributed by atoms with Crippen molar-refractivity contribution in [2.24, 2.45) is 0 Å². The van der Waals surface area contributed by atoms with Crippen LogP contribution in [0.25, 0.3) is 11.0 Å². The molecule has 2 aromatic heterocycles. The predicted octanol–water partition coefficient (Wildman–Crippen LogP) is -0.0590. The van der Waals surface area contributed by atoms with Gasteiger partial charge in [0.05, 0.1) is 11.6 Å². The van der Waals surface area contributed by atoms with Crippen molar-refractivity contribution in [1.29, 1.82) is 0 Å². The fourth-order valence-corrected chi connectivity index (χ4v) is 1.54. The normalized spacial score (nSPS) is 12.2. The maximum Gasteiger partial charge on any atom is 0.241 e. The van der Waals surface area contributed by atoms with Gasteiger partial charge in [0, 0.05) is 14.1 Å². The van der Waals surface area contributed by atoms with Crippen LogP contribution in [-0.2, 0) is 4.79 Å². The summed E-state index contributed by atoms with van der Waals surface area (Å²) in [4.78, 5) is 20.0. The lowest BCUT2D eigenvalue weighted by Gasteiger charge is -2.13. The number of anilines is 2. The van der Waals surface area contributed by atoms with Crippen LogP contribution >= 0.6 is 0 Å².